The lowest BCUT2D eigenvalue weighted by molar-refractivity contribution is 0.410. The number of hydrogen-bond acceptors (Lipinski definition) is 3. The molecular weight excluding hydrogens is 352 g/mol. The molecule has 0 radical (unpaired) electrons. The third-order valence-electron chi connectivity index (χ3n) is 2.81. The van der Waals surface area contributed by atoms with Gasteiger partial charge in [0.2, 0.25) is 5.82 Å². The van der Waals surface area contributed by atoms with E-state index in [1.165, 1.54) is 0 Å². The molecule has 21 heavy (non-hydrogen) atoms. The first-order valence-corrected chi connectivity index (χ1v) is 7.42. The summed E-state index contributed by atoms with van der Waals surface area (Å²) in [6, 6.07) is 17.4. The molecule has 3 rings (SSSR count). The first kappa shape index (κ1) is 14.0. The minimum Gasteiger partial charge on any atom is -0.333 e. The molecule has 0 aliphatic carbocycles. The van der Waals surface area contributed by atoms with Gasteiger partial charge < -0.3 is 4.52 Å². The van der Waals surface area contributed by atoms with Crippen molar-refractivity contribution in [1.29, 1.82) is 0 Å². The minimum atomic E-state index is 0.301. The highest BCUT2D eigenvalue weighted by Crippen LogP contribution is 2.25. The molecule has 0 fully saturated rings. The molecule has 0 aliphatic heterocycles. The van der Waals surface area contributed by atoms with Gasteiger partial charge in [0.15, 0.2) is 0 Å². The lowest BCUT2D eigenvalue weighted by Gasteiger charge is -1.94. The highest BCUT2D eigenvalue weighted by Gasteiger charge is 2.11. The summed E-state index contributed by atoms with van der Waals surface area (Å²) in [5, 5.41) is 4.37. The van der Waals surface area contributed by atoms with E-state index in [-0.39, 0.29) is 0 Å². The lowest BCUT2D eigenvalue weighted by atomic mass is 10.2. The zero-order chi connectivity index (χ0) is 14.7. The number of rotatable bonds is 3. The van der Waals surface area contributed by atoms with Crippen LogP contribution in [0.3, 0.4) is 0 Å². The Balaban J connectivity index is 1.90. The van der Waals surface area contributed by atoms with E-state index in [1.54, 1.807) is 6.08 Å². The summed E-state index contributed by atoms with van der Waals surface area (Å²) in [5.74, 6) is 0.807. The van der Waals surface area contributed by atoms with Crippen LogP contribution >= 0.6 is 27.5 Å². The molecule has 0 unspecified atom stereocenters. The van der Waals surface area contributed by atoms with Crippen LogP contribution in [0.15, 0.2) is 63.6 Å². The molecule has 0 amide bonds. The smallest absolute Gasteiger partial charge is 0.269 e. The van der Waals surface area contributed by atoms with Crippen molar-refractivity contribution in [2.75, 3.05) is 0 Å². The van der Waals surface area contributed by atoms with Gasteiger partial charge in [-0.25, -0.2) is 0 Å². The average molecular weight is 362 g/mol. The Morgan fingerprint density at radius 1 is 1.10 bits per heavy atom. The third-order valence-corrected chi connectivity index (χ3v) is 3.57. The van der Waals surface area contributed by atoms with E-state index in [1.807, 2.05) is 54.6 Å². The first-order valence-electron chi connectivity index (χ1n) is 6.24. The number of hydrogen-bond donors (Lipinski definition) is 0. The molecule has 0 spiro atoms. The molecular formula is C16H10BrClN2O. The van der Waals surface area contributed by atoms with E-state index in [4.69, 9.17) is 16.1 Å². The van der Waals surface area contributed by atoms with Gasteiger partial charge in [-0.3, -0.25) is 0 Å². The van der Waals surface area contributed by atoms with Crippen molar-refractivity contribution in [2.45, 2.75) is 0 Å². The van der Waals surface area contributed by atoms with Crippen molar-refractivity contribution in [2.24, 2.45) is 0 Å². The molecule has 0 saturated heterocycles. The molecule has 5 heteroatoms. The summed E-state index contributed by atoms with van der Waals surface area (Å²) < 4.78 is 6.17. The summed E-state index contributed by atoms with van der Waals surface area (Å²) in [7, 11) is 0. The van der Waals surface area contributed by atoms with Crippen LogP contribution < -0.4 is 0 Å². The molecule has 0 aliphatic rings. The van der Waals surface area contributed by atoms with E-state index in [0.717, 1.165) is 15.6 Å². The molecule has 2 aromatic carbocycles. The maximum Gasteiger partial charge on any atom is 0.269 e. The van der Waals surface area contributed by atoms with Crippen LogP contribution in [0.4, 0.5) is 0 Å². The maximum absolute atomic E-state index is 6.23. The largest absolute Gasteiger partial charge is 0.333 e. The molecule has 1 aromatic heterocycles. The van der Waals surface area contributed by atoms with Gasteiger partial charge in [0.1, 0.15) is 5.03 Å². The van der Waals surface area contributed by atoms with Crippen LogP contribution in [0.5, 0.6) is 0 Å². The molecule has 3 aromatic rings. The van der Waals surface area contributed by atoms with Gasteiger partial charge in [0, 0.05) is 10.0 Å². The standard InChI is InChI=1S/C16H10BrClN2O/c17-13-8-4-7-12(10-13)15-19-16(21-20-15)14(18)9-11-5-2-1-3-6-11/h1-10H/b14-9-. The van der Waals surface area contributed by atoms with Crippen LogP contribution in [-0.2, 0) is 0 Å². The van der Waals surface area contributed by atoms with Gasteiger partial charge in [-0.15, -0.1) is 0 Å². The number of benzene rings is 2. The van der Waals surface area contributed by atoms with E-state index in [9.17, 15) is 0 Å². The second-order valence-electron chi connectivity index (χ2n) is 4.34. The van der Waals surface area contributed by atoms with E-state index < -0.39 is 0 Å². The summed E-state index contributed by atoms with van der Waals surface area (Å²) in [6.07, 6.45) is 1.79. The zero-order valence-electron chi connectivity index (χ0n) is 10.8. The molecule has 0 N–H and O–H groups in total. The van der Waals surface area contributed by atoms with Crippen molar-refractivity contribution < 1.29 is 4.52 Å². The first-order chi connectivity index (χ1) is 10.2. The monoisotopic (exact) mass is 360 g/mol. The Morgan fingerprint density at radius 2 is 1.90 bits per heavy atom. The Labute approximate surface area is 135 Å². The van der Waals surface area contributed by atoms with Gasteiger partial charge >= 0.3 is 0 Å². The molecule has 1 heterocycles. The van der Waals surface area contributed by atoms with Gasteiger partial charge in [-0.2, -0.15) is 4.98 Å². The van der Waals surface area contributed by atoms with Gasteiger partial charge in [0.05, 0.1) is 0 Å². The normalized spacial score (nSPS) is 11.6. The van der Waals surface area contributed by atoms with Gasteiger partial charge in [-0.05, 0) is 23.8 Å². The molecule has 0 saturated carbocycles. The van der Waals surface area contributed by atoms with Crippen molar-refractivity contribution in [3.05, 3.63) is 70.5 Å². The van der Waals surface area contributed by atoms with Crippen molar-refractivity contribution in [3.8, 4) is 11.4 Å². The fourth-order valence-corrected chi connectivity index (χ4v) is 2.42. The Hall–Kier alpha value is -1.91. The van der Waals surface area contributed by atoms with E-state index >= 15 is 0 Å². The van der Waals surface area contributed by atoms with Crippen LogP contribution in [0.25, 0.3) is 22.5 Å². The van der Waals surface area contributed by atoms with Crippen molar-refractivity contribution in [3.63, 3.8) is 0 Å². The second kappa shape index (κ2) is 6.24. The Bertz CT molecular complexity index is 784. The quantitative estimate of drug-likeness (QED) is 0.640. The molecule has 0 atom stereocenters. The van der Waals surface area contributed by atoms with Gasteiger partial charge in [-0.1, -0.05) is 75.2 Å². The minimum absolute atomic E-state index is 0.301. The SMILES string of the molecule is Cl/C(=C\c1ccccc1)c1nc(-c2cccc(Br)c2)no1. The number of aromatic nitrogens is 2. The summed E-state index contributed by atoms with van der Waals surface area (Å²) >= 11 is 9.64. The van der Waals surface area contributed by atoms with Crippen molar-refractivity contribution in [1.82, 2.24) is 10.1 Å². The fraction of sp³-hybridized carbons (Fsp3) is 0. The Kier molecular flexibility index (Phi) is 4.18. The predicted molar refractivity (Wildman–Crippen MR) is 87.6 cm³/mol. The van der Waals surface area contributed by atoms with Crippen molar-refractivity contribution >= 4 is 38.6 Å². The highest BCUT2D eigenvalue weighted by molar-refractivity contribution is 9.10. The lowest BCUT2D eigenvalue weighted by Crippen LogP contribution is -1.81. The summed E-state index contributed by atoms with van der Waals surface area (Å²) in [6.45, 7) is 0. The average Bonchev–Trinajstić information content (AvgIpc) is 2.98. The number of halogens is 2. The van der Waals surface area contributed by atoms with Gasteiger partial charge in [0.25, 0.3) is 5.89 Å². The fourth-order valence-electron chi connectivity index (χ4n) is 1.82. The third kappa shape index (κ3) is 3.40. The van der Waals surface area contributed by atoms with E-state index in [0.29, 0.717) is 16.7 Å². The zero-order valence-corrected chi connectivity index (χ0v) is 13.2. The topological polar surface area (TPSA) is 38.9 Å². The molecule has 3 nitrogen and oxygen atoms in total. The van der Waals surface area contributed by atoms with Crippen LogP contribution in [-0.4, -0.2) is 10.1 Å². The molecule has 104 valence electrons. The second-order valence-corrected chi connectivity index (χ2v) is 5.66. The predicted octanol–water partition coefficient (Wildman–Crippen LogP) is 5.24. The number of nitrogens with zero attached hydrogens (tertiary/aromatic N) is 2. The van der Waals surface area contributed by atoms with Crippen LogP contribution in [0.2, 0.25) is 0 Å². The maximum atomic E-state index is 6.23. The Morgan fingerprint density at radius 3 is 2.67 bits per heavy atom. The van der Waals surface area contributed by atoms with E-state index in [2.05, 4.69) is 26.1 Å². The summed E-state index contributed by atoms with van der Waals surface area (Å²) in [5.41, 5.74) is 1.84. The molecule has 0 bridgehead atoms. The van der Waals surface area contributed by atoms with Crippen LogP contribution in [0, 0.1) is 0 Å². The summed E-state index contributed by atoms with van der Waals surface area (Å²) in [4.78, 5) is 4.32. The van der Waals surface area contributed by atoms with Crippen LogP contribution in [0.1, 0.15) is 11.5 Å². The highest BCUT2D eigenvalue weighted by atomic mass is 79.9.